The summed E-state index contributed by atoms with van der Waals surface area (Å²) in [6.45, 7) is 11.2. The van der Waals surface area contributed by atoms with E-state index in [1.807, 2.05) is 47.5 Å². The number of aromatic nitrogens is 2. The van der Waals surface area contributed by atoms with Gasteiger partial charge in [0.1, 0.15) is 12.5 Å². The second kappa shape index (κ2) is 14.2. The molecule has 59 heavy (non-hydrogen) atoms. The van der Waals surface area contributed by atoms with Gasteiger partial charge in [-0.15, -0.1) is 0 Å². The minimum atomic E-state index is -0.539. The summed E-state index contributed by atoms with van der Waals surface area (Å²) in [6, 6.07) is 35.6. The van der Waals surface area contributed by atoms with Gasteiger partial charge in [-0.25, -0.2) is 4.98 Å². The van der Waals surface area contributed by atoms with Crippen LogP contribution in [0.3, 0.4) is 0 Å². The van der Waals surface area contributed by atoms with Crippen molar-refractivity contribution in [1.82, 2.24) is 9.55 Å². The Hall–Kier alpha value is -6.91. The Kier molecular flexibility index (Phi) is 6.46. The van der Waals surface area contributed by atoms with Crippen LogP contribution in [0.15, 0.2) is 188 Å². The molecule has 0 aliphatic carbocycles. The quantitative estimate of drug-likeness (QED) is 0.161. The van der Waals surface area contributed by atoms with Crippen LogP contribution >= 0.6 is 0 Å². The van der Waals surface area contributed by atoms with Gasteiger partial charge >= 0.3 is 0 Å². The molecule has 0 amide bonds. The van der Waals surface area contributed by atoms with Crippen LogP contribution in [0.4, 0.5) is 22.7 Å². The predicted molar refractivity (Wildman–Crippen MR) is 249 cm³/mol. The first kappa shape index (κ1) is 26.9. The van der Waals surface area contributed by atoms with Crippen molar-refractivity contribution in [2.24, 2.45) is 0 Å². The first-order valence-electron chi connectivity index (χ1n) is 24.8. The zero-order valence-electron chi connectivity index (χ0n) is 43.6. The number of hydrogen-bond donors (Lipinski definition) is 0. The molecular formula is C55H48N4. The third-order valence-corrected chi connectivity index (χ3v) is 11.7. The Morgan fingerprint density at radius 3 is 1.83 bits per heavy atom. The van der Waals surface area contributed by atoms with Crippen molar-refractivity contribution in [2.75, 3.05) is 16.5 Å². The Morgan fingerprint density at radius 2 is 1.14 bits per heavy atom. The van der Waals surface area contributed by atoms with Gasteiger partial charge in [0.2, 0.25) is 0 Å². The number of rotatable bonds is 7. The van der Waals surface area contributed by atoms with E-state index in [1.165, 1.54) is 5.56 Å². The standard InChI is InChI=1S/C55H48N4/c1-54(2,3)40-32-33-56-52(36-40)59-48-27-13-12-24-46(48)47-31-30-42(35-51(47)59)55(4,5)41-22-16-23-43(34-41)57-37-58(50-29-15-14-28-49(50)57)53-44(38-18-8-6-9-19-38)25-17-26-45(53)39-20-10-7-11-21-39/h6-36H,37H2,1-5H3/i6D,7D,8D,9D,10D,11D,18D,19D,20D,21D. The normalized spacial score (nSPS) is 15.4. The Bertz CT molecular complexity index is 3450. The fourth-order valence-corrected chi connectivity index (χ4v) is 8.48. The molecule has 0 N–H and O–H groups in total. The molecule has 0 saturated carbocycles. The van der Waals surface area contributed by atoms with Gasteiger partial charge in [0, 0.05) is 39.2 Å². The molecule has 0 fully saturated rings. The first-order chi connectivity index (χ1) is 32.8. The molecule has 0 unspecified atom stereocenters. The van der Waals surface area contributed by atoms with Gasteiger partial charge in [-0.2, -0.15) is 0 Å². The zero-order chi connectivity index (χ0) is 49.0. The average Bonchev–Trinajstić information content (AvgIpc) is 3.90. The molecule has 288 valence electrons. The van der Waals surface area contributed by atoms with Gasteiger partial charge in [0.25, 0.3) is 0 Å². The number of fused-ring (bicyclic) bond motifs is 4. The number of benzene rings is 7. The molecular weight excluding hydrogens is 717 g/mol. The number of pyridine rings is 1. The lowest BCUT2D eigenvalue weighted by Crippen LogP contribution is -2.25. The van der Waals surface area contributed by atoms with Gasteiger partial charge in [0.05, 0.1) is 41.8 Å². The van der Waals surface area contributed by atoms with Crippen molar-refractivity contribution in [3.05, 3.63) is 205 Å². The van der Waals surface area contributed by atoms with Crippen LogP contribution < -0.4 is 9.80 Å². The fourth-order valence-electron chi connectivity index (χ4n) is 8.48. The van der Waals surface area contributed by atoms with E-state index in [0.29, 0.717) is 11.4 Å². The summed E-state index contributed by atoms with van der Waals surface area (Å²) in [5.74, 6) is 0.853. The summed E-state index contributed by atoms with van der Waals surface area (Å²) >= 11 is 0. The van der Waals surface area contributed by atoms with Crippen molar-refractivity contribution in [3.8, 4) is 28.1 Å². The number of anilines is 4. The maximum Gasteiger partial charge on any atom is 0.137 e. The largest absolute Gasteiger partial charge is 0.321 e. The van der Waals surface area contributed by atoms with Crippen molar-refractivity contribution in [1.29, 1.82) is 0 Å². The van der Waals surface area contributed by atoms with Gasteiger partial charge in [-0.05, 0) is 81.8 Å². The molecule has 1 aliphatic heterocycles. The van der Waals surface area contributed by atoms with E-state index in [1.54, 1.807) is 18.2 Å². The van der Waals surface area contributed by atoms with E-state index < -0.39 is 65.8 Å². The third-order valence-electron chi connectivity index (χ3n) is 11.7. The molecule has 0 radical (unpaired) electrons. The highest BCUT2D eigenvalue weighted by molar-refractivity contribution is 6.09. The Morgan fingerprint density at radius 1 is 0.525 bits per heavy atom. The maximum absolute atomic E-state index is 9.06. The van der Waals surface area contributed by atoms with Crippen molar-refractivity contribution in [2.45, 2.75) is 45.4 Å². The van der Waals surface area contributed by atoms with Crippen LogP contribution in [0.5, 0.6) is 0 Å². The molecule has 0 spiro atoms. The van der Waals surface area contributed by atoms with E-state index in [2.05, 4.69) is 111 Å². The van der Waals surface area contributed by atoms with Crippen LogP contribution in [0, 0.1) is 0 Å². The molecule has 0 bridgehead atoms. The molecule has 9 aromatic rings. The summed E-state index contributed by atoms with van der Waals surface area (Å²) in [6.07, 6.45) is 1.89. The average molecular weight is 775 g/mol. The molecule has 3 heterocycles. The maximum atomic E-state index is 9.06. The smallest absolute Gasteiger partial charge is 0.137 e. The summed E-state index contributed by atoms with van der Waals surface area (Å²) in [5, 5.41) is 2.27. The van der Waals surface area contributed by atoms with E-state index in [9.17, 15) is 0 Å². The van der Waals surface area contributed by atoms with E-state index in [-0.39, 0.29) is 34.3 Å². The van der Waals surface area contributed by atoms with Gasteiger partial charge in [-0.1, -0.05) is 168 Å². The monoisotopic (exact) mass is 774 g/mol. The topological polar surface area (TPSA) is 24.3 Å². The highest BCUT2D eigenvalue weighted by Gasteiger charge is 2.32. The lowest BCUT2D eigenvalue weighted by Gasteiger charge is -2.29. The molecule has 1 aliphatic rings. The fraction of sp³-hybridized carbons (Fsp3) is 0.145. The summed E-state index contributed by atoms with van der Waals surface area (Å²) < 4.78 is 89.6. The zero-order valence-corrected chi connectivity index (χ0v) is 33.6. The Balaban J connectivity index is 1.12. The van der Waals surface area contributed by atoms with Crippen LogP contribution in [0.1, 0.15) is 65.0 Å². The summed E-state index contributed by atoms with van der Waals surface area (Å²) in [4.78, 5) is 8.97. The molecule has 0 atom stereocenters. The second-order valence-corrected chi connectivity index (χ2v) is 16.6. The Labute approximate surface area is 361 Å². The third kappa shape index (κ3) is 6.27. The van der Waals surface area contributed by atoms with Crippen LogP contribution in [0.25, 0.3) is 49.9 Å². The van der Waals surface area contributed by atoms with Crippen molar-refractivity contribution in [3.63, 3.8) is 0 Å². The number of para-hydroxylation sites is 4. The van der Waals surface area contributed by atoms with Crippen LogP contribution in [-0.2, 0) is 10.8 Å². The number of nitrogens with zero attached hydrogens (tertiary/aromatic N) is 4. The van der Waals surface area contributed by atoms with E-state index in [0.717, 1.165) is 50.1 Å². The van der Waals surface area contributed by atoms with Crippen molar-refractivity contribution >= 4 is 44.6 Å². The molecule has 7 aromatic carbocycles. The van der Waals surface area contributed by atoms with E-state index in [4.69, 9.17) is 18.7 Å². The minimum absolute atomic E-state index is 0.0676. The summed E-state index contributed by atoms with van der Waals surface area (Å²) in [7, 11) is 0. The van der Waals surface area contributed by atoms with Gasteiger partial charge < -0.3 is 9.80 Å². The first-order valence-corrected chi connectivity index (χ1v) is 19.8. The van der Waals surface area contributed by atoms with Gasteiger partial charge in [0.15, 0.2) is 0 Å². The minimum Gasteiger partial charge on any atom is -0.321 e. The SMILES string of the molecule is [2H]c1c([2H])c([2H])c(-c2cccc(-c3c([2H])c([2H])c([2H])c([2H])c3[2H])c2N2CN(c3cccc(C(C)(C)c4ccc5c6ccccc6n(-c6cc(C(C)(C)C)ccn6)c5c4)c3)c3ccccc32)c([2H])c1[2H]. The highest BCUT2D eigenvalue weighted by Crippen LogP contribution is 2.50. The molecule has 0 saturated heterocycles. The lowest BCUT2D eigenvalue weighted by molar-refractivity contribution is 0.588. The molecule has 4 heteroatoms. The van der Waals surface area contributed by atoms with Gasteiger partial charge in [-0.3, -0.25) is 4.57 Å². The predicted octanol–water partition coefficient (Wildman–Crippen LogP) is 14.4. The lowest BCUT2D eigenvalue weighted by atomic mass is 9.77. The summed E-state index contributed by atoms with van der Waals surface area (Å²) in [5.41, 5.74) is 7.94. The molecule has 4 nitrogen and oxygen atoms in total. The highest BCUT2D eigenvalue weighted by atomic mass is 15.4. The van der Waals surface area contributed by atoms with E-state index >= 15 is 0 Å². The van der Waals surface area contributed by atoms with Crippen molar-refractivity contribution < 1.29 is 13.7 Å². The van der Waals surface area contributed by atoms with Crippen LogP contribution in [0.2, 0.25) is 0 Å². The second-order valence-electron chi connectivity index (χ2n) is 16.6. The molecule has 2 aromatic heterocycles. The molecule has 10 rings (SSSR count). The number of hydrogen-bond acceptors (Lipinski definition) is 3. The van der Waals surface area contributed by atoms with Crippen LogP contribution in [-0.4, -0.2) is 16.2 Å².